The van der Waals surface area contributed by atoms with Crippen LogP contribution in [0.5, 0.6) is 5.75 Å². The lowest BCUT2D eigenvalue weighted by Gasteiger charge is -2.24. The summed E-state index contributed by atoms with van der Waals surface area (Å²) in [6, 6.07) is 13.5. The van der Waals surface area contributed by atoms with Crippen molar-refractivity contribution in [2.24, 2.45) is 13.0 Å². The Hall–Kier alpha value is -2.53. The number of aryl methyl sites for hydroxylation is 1. The molecule has 1 N–H and O–H groups in total. The van der Waals surface area contributed by atoms with E-state index >= 15 is 0 Å². The molecule has 6 heteroatoms. The molecular formula is C19H18ClN3O2. The molecule has 0 unspecified atom stereocenters. The molecule has 5 nitrogen and oxygen atoms in total. The minimum Gasteiger partial charge on any atom is -0.492 e. The lowest BCUT2D eigenvalue weighted by atomic mass is 9.96. The Morgan fingerprint density at radius 1 is 1.32 bits per heavy atom. The number of hydrogen-bond donors (Lipinski definition) is 1. The number of carbonyl (C=O) groups is 1. The van der Waals surface area contributed by atoms with E-state index in [1.807, 2.05) is 49.5 Å². The summed E-state index contributed by atoms with van der Waals surface area (Å²) in [5, 5.41) is 9.00. The van der Waals surface area contributed by atoms with E-state index in [2.05, 4.69) is 10.4 Å². The Balaban J connectivity index is 1.48. The van der Waals surface area contributed by atoms with Gasteiger partial charge >= 0.3 is 0 Å². The molecule has 0 radical (unpaired) electrons. The fourth-order valence-electron chi connectivity index (χ4n) is 3.29. The number of amides is 1. The minimum absolute atomic E-state index is 0.0274. The third-order valence-electron chi connectivity index (χ3n) is 4.58. The van der Waals surface area contributed by atoms with E-state index in [1.54, 1.807) is 4.68 Å². The zero-order valence-corrected chi connectivity index (χ0v) is 14.6. The van der Waals surface area contributed by atoms with Gasteiger partial charge in [-0.25, -0.2) is 0 Å². The molecule has 1 aromatic heterocycles. The van der Waals surface area contributed by atoms with Crippen LogP contribution in [-0.2, 0) is 24.8 Å². The van der Waals surface area contributed by atoms with Crippen molar-refractivity contribution in [3.05, 3.63) is 58.7 Å². The summed E-state index contributed by atoms with van der Waals surface area (Å²) in [7, 11) is 1.87. The van der Waals surface area contributed by atoms with Crippen molar-refractivity contribution >= 4 is 28.4 Å². The van der Waals surface area contributed by atoms with Crippen LogP contribution in [0.2, 0.25) is 5.02 Å². The summed E-state index contributed by atoms with van der Waals surface area (Å²) in [6.07, 6.45) is 0.686. The average Bonchev–Trinajstić information content (AvgIpc) is 2.96. The van der Waals surface area contributed by atoms with Gasteiger partial charge in [-0.3, -0.25) is 9.48 Å². The molecule has 1 aliphatic heterocycles. The first-order valence-electron chi connectivity index (χ1n) is 8.22. The molecule has 25 heavy (non-hydrogen) atoms. The maximum absolute atomic E-state index is 12.6. The number of benzene rings is 2. The fourth-order valence-corrected chi connectivity index (χ4v) is 3.57. The minimum atomic E-state index is -0.194. The molecule has 1 aliphatic rings. The normalized spacial score (nSPS) is 16.3. The number of hydrogen-bond acceptors (Lipinski definition) is 3. The van der Waals surface area contributed by atoms with Crippen molar-refractivity contribution in [2.45, 2.75) is 13.0 Å². The lowest BCUT2D eigenvalue weighted by molar-refractivity contribution is -0.126. The third-order valence-corrected chi connectivity index (χ3v) is 4.89. The molecular weight excluding hydrogens is 338 g/mol. The standard InChI is InChI=1S/C19H18ClN3O2/c1-23-16-7-4-6-14(20)18(16)15(22-23)10-21-19(24)13-9-12-5-2-3-8-17(12)25-11-13/h2-8,13H,9-11H2,1H3,(H,21,24)/t13-/m1/s1. The number of carbonyl (C=O) groups excluding carboxylic acids is 1. The van der Waals surface area contributed by atoms with Crippen LogP contribution in [0.3, 0.4) is 0 Å². The van der Waals surface area contributed by atoms with Gasteiger partial charge in [0.1, 0.15) is 12.4 Å². The predicted molar refractivity (Wildman–Crippen MR) is 96.7 cm³/mol. The van der Waals surface area contributed by atoms with Crippen molar-refractivity contribution in [2.75, 3.05) is 6.61 Å². The molecule has 1 atom stereocenters. The number of halogens is 1. The van der Waals surface area contributed by atoms with Crippen LogP contribution in [0.4, 0.5) is 0 Å². The van der Waals surface area contributed by atoms with Crippen LogP contribution in [0.15, 0.2) is 42.5 Å². The first-order valence-corrected chi connectivity index (χ1v) is 8.60. The van der Waals surface area contributed by atoms with Gasteiger partial charge in [-0.2, -0.15) is 5.10 Å². The van der Waals surface area contributed by atoms with Gasteiger partial charge in [0.05, 0.1) is 28.7 Å². The summed E-state index contributed by atoms with van der Waals surface area (Å²) < 4.78 is 7.48. The molecule has 0 saturated heterocycles. The second-order valence-corrected chi connectivity index (χ2v) is 6.65. The van der Waals surface area contributed by atoms with E-state index in [1.165, 1.54) is 0 Å². The van der Waals surface area contributed by atoms with E-state index in [4.69, 9.17) is 16.3 Å². The van der Waals surface area contributed by atoms with E-state index < -0.39 is 0 Å². The summed E-state index contributed by atoms with van der Waals surface area (Å²) in [5.41, 5.74) is 2.79. The molecule has 3 aromatic rings. The molecule has 0 fully saturated rings. The third kappa shape index (κ3) is 2.96. The van der Waals surface area contributed by atoms with Crippen LogP contribution < -0.4 is 10.1 Å². The number of rotatable bonds is 3. The monoisotopic (exact) mass is 355 g/mol. The molecule has 0 bridgehead atoms. The molecule has 0 aliphatic carbocycles. The molecule has 2 aromatic carbocycles. The number of nitrogens with one attached hydrogen (secondary N) is 1. The van der Waals surface area contributed by atoms with Crippen molar-refractivity contribution in [3.63, 3.8) is 0 Å². The largest absolute Gasteiger partial charge is 0.492 e. The summed E-state index contributed by atoms with van der Waals surface area (Å²) in [5.74, 6) is 0.648. The molecule has 0 saturated carbocycles. The van der Waals surface area contributed by atoms with E-state index in [-0.39, 0.29) is 11.8 Å². The second-order valence-electron chi connectivity index (χ2n) is 6.24. The van der Waals surface area contributed by atoms with Crippen LogP contribution in [0, 0.1) is 5.92 Å². The smallest absolute Gasteiger partial charge is 0.227 e. The van der Waals surface area contributed by atoms with Crippen LogP contribution >= 0.6 is 11.6 Å². The SMILES string of the molecule is Cn1nc(CNC(=O)[C@H]2COc3ccccc3C2)c2c(Cl)cccc21. The van der Waals surface area contributed by atoms with E-state index in [9.17, 15) is 4.79 Å². The number of aromatic nitrogens is 2. The van der Waals surface area contributed by atoms with Gasteiger partial charge < -0.3 is 10.1 Å². The number of fused-ring (bicyclic) bond motifs is 2. The van der Waals surface area contributed by atoms with Gasteiger partial charge in [-0.1, -0.05) is 35.9 Å². The number of para-hydroxylation sites is 1. The highest BCUT2D eigenvalue weighted by Gasteiger charge is 2.26. The Morgan fingerprint density at radius 3 is 3.04 bits per heavy atom. The zero-order chi connectivity index (χ0) is 17.4. The Kier molecular flexibility index (Phi) is 4.09. The highest BCUT2D eigenvalue weighted by atomic mass is 35.5. The van der Waals surface area contributed by atoms with E-state index in [0.717, 1.165) is 27.9 Å². The van der Waals surface area contributed by atoms with Crippen LogP contribution in [-0.4, -0.2) is 22.3 Å². The quantitative estimate of drug-likeness (QED) is 0.785. The highest BCUT2D eigenvalue weighted by Crippen LogP contribution is 2.28. The molecule has 0 spiro atoms. The van der Waals surface area contributed by atoms with Crippen LogP contribution in [0.25, 0.3) is 10.9 Å². The topological polar surface area (TPSA) is 56.2 Å². The highest BCUT2D eigenvalue weighted by molar-refractivity contribution is 6.35. The van der Waals surface area contributed by atoms with Gasteiger partial charge in [0.15, 0.2) is 0 Å². The van der Waals surface area contributed by atoms with Gasteiger partial charge in [0, 0.05) is 12.4 Å². The Bertz CT molecular complexity index is 951. The van der Waals surface area contributed by atoms with E-state index in [0.29, 0.717) is 24.6 Å². The van der Waals surface area contributed by atoms with Crippen molar-refractivity contribution in [3.8, 4) is 5.75 Å². The summed E-state index contributed by atoms with van der Waals surface area (Å²) in [4.78, 5) is 12.6. The maximum Gasteiger partial charge on any atom is 0.227 e. The average molecular weight is 356 g/mol. The van der Waals surface area contributed by atoms with Crippen molar-refractivity contribution in [1.29, 1.82) is 0 Å². The zero-order valence-electron chi connectivity index (χ0n) is 13.8. The Morgan fingerprint density at radius 2 is 2.16 bits per heavy atom. The Labute approximate surface area is 150 Å². The maximum atomic E-state index is 12.6. The first-order chi connectivity index (χ1) is 12.1. The van der Waals surface area contributed by atoms with Crippen LogP contribution in [0.1, 0.15) is 11.3 Å². The molecule has 1 amide bonds. The van der Waals surface area contributed by atoms with Gasteiger partial charge in [-0.15, -0.1) is 0 Å². The molecule has 128 valence electrons. The van der Waals surface area contributed by atoms with Crippen molar-refractivity contribution in [1.82, 2.24) is 15.1 Å². The second kappa shape index (κ2) is 6.41. The molecule has 2 heterocycles. The van der Waals surface area contributed by atoms with Gasteiger partial charge in [0.2, 0.25) is 5.91 Å². The number of nitrogens with zero attached hydrogens (tertiary/aromatic N) is 2. The van der Waals surface area contributed by atoms with Gasteiger partial charge in [0.25, 0.3) is 0 Å². The summed E-state index contributed by atoms with van der Waals surface area (Å²) in [6.45, 7) is 0.741. The summed E-state index contributed by atoms with van der Waals surface area (Å²) >= 11 is 6.31. The molecule has 4 rings (SSSR count). The first kappa shape index (κ1) is 16.0. The predicted octanol–water partition coefficient (Wildman–Crippen LogP) is 3.09. The fraction of sp³-hybridized carbons (Fsp3) is 0.263. The number of ether oxygens (including phenoxy) is 1. The van der Waals surface area contributed by atoms with Crippen molar-refractivity contribution < 1.29 is 9.53 Å². The lowest BCUT2D eigenvalue weighted by Crippen LogP contribution is -2.37. The van der Waals surface area contributed by atoms with Gasteiger partial charge in [-0.05, 0) is 30.2 Å².